The molecule has 0 radical (unpaired) electrons. The van der Waals surface area contributed by atoms with E-state index in [4.69, 9.17) is 4.74 Å². The summed E-state index contributed by atoms with van der Waals surface area (Å²) in [5.74, 6) is 0.263. The molecule has 2 N–H and O–H groups in total. The molecule has 98 valence electrons. The molecule has 0 aliphatic rings. The van der Waals surface area contributed by atoms with E-state index in [9.17, 15) is 9.90 Å². The molecule has 0 saturated carbocycles. The lowest BCUT2D eigenvalue weighted by Gasteiger charge is -2.13. The Balaban J connectivity index is 2.68. The summed E-state index contributed by atoms with van der Waals surface area (Å²) in [7, 11) is 0. The van der Waals surface area contributed by atoms with E-state index in [0.29, 0.717) is 17.9 Å². The molecule has 4 nitrogen and oxygen atoms in total. The summed E-state index contributed by atoms with van der Waals surface area (Å²) >= 11 is 3.32. The number of halogens is 1. The zero-order valence-corrected chi connectivity index (χ0v) is 11.7. The molecule has 0 fully saturated rings. The van der Waals surface area contributed by atoms with Crippen molar-refractivity contribution in [2.45, 2.75) is 13.0 Å². The zero-order valence-electron chi connectivity index (χ0n) is 10.1. The topological polar surface area (TPSA) is 58.6 Å². The molecule has 1 aromatic carbocycles. The molecular formula is C13H16BrNO3. The maximum atomic E-state index is 11.4. The Hall–Kier alpha value is -1.33. The minimum Gasteiger partial charge on any atom is -0.483 e. The van der Waals surface area contributed by atoms with Gasteiger partial charge in [-0.05, 0) is 19.1 Å². The molecule has 0 bridgehead atoms. The Morgan fingerprint density at radius 1 is 1.67 bits per heavy atom. The second-order valence-corrected chi connectivity index (χ2v) is 4.66. The van der Waals surface area contributed by atoms with Crippen molar-refractivity contribution in [2.24, 2.45) is 0 Å². The number of hydrogen-bond donors (Lipinski definition) is 2. The van der Waals surface area contributed by atoms with Gasteiger partial charge in [0.25, 0.3) is 5.91 Å². The predicted octanol–water partition coefficient (Wildman–Crippen LogP) is 2.18. The van der Waals surface area contributed by atoms with Crippen LogP contribution in [0.15, 0.2) is 35.3 Å². The standard InChI is InChI=1S/C13H16BrNO3/c1-3-6-15-13(17)8-18-12-7-10(14)4-5-11(12)9(2)16/h3-5,7,9,16H,1,6,8H2,2H3,(H,15,17)/t9-/m1/s1. The number of carbonyl (C=O) groups is 1. The van der Waals surface area contributed by atoms with E-state index >= 15 is 0 Å². The number of carbonyl (C=O) groups excluding carboxylic acids is 1. The van der Waals surface area contributed by atoms with Crippen LogP contribution in [0.1, 0.15) is 18.6 Å². The zero-order chi connectivity index (χ0) is 13.5. The highest BCUT2D eigenvalue weighted by Crippen LogP contribution is 2.28. The van der Waals surface area contributed by atoms with Crippen LogP contribution in [0.5, 0.6) is 5.75 Å². The van der Waals surface area contributed by atoms with Crippen LogP contribution in [-0.2, 0) is 4.79 Å². The molecule has 0 aromatic heterocycles. The Kier molecular flexibility index (Phi) is 5.88. The SMILES string of the molecule is C=CCNC(=O)COc1cc(Br)ccc1[C@@H](C)O. The quantitative estimate of drug-likeness (QED) is 0.791. The number of rotatable bonds is 6. The van der Waals surface area contributed by atoms with E-state index < -0.39 is 6.10 Å². The van der Waals surface area contributed by atoms with Crippen molar-refractivity contribution in [1.82, 2.24) is 5.32 Å². The van der Waals surface area contributed by atoms with Crippen molar-refractivity contribution in [2.75, 3.05) is 13.2 Å². The first kappa shape index (κ1) is 14.7. The van der Waals surface area contributed by atoms with Crippen molar-refractivity contribution in [3.8, 4) is 5.75 Å². The number of benzene rings is 1. The molecule has 0 spiro atoms. The van der Waals surface area contributed by atoms with Crippen molar-refractivity contribution < 1.29 is 14.6 Å². The van der Waals surface area contributed by atoms with Crippen LogP contribution < -0.4 is 10.1 Å². The van der Waals surface area contributed by atoms with Crippen LogP contribution in [-0.4, -0.2) is 24.2 Å². The monoisotopic (exact) mass is 313 g/mol. The number of ether oxygens (including phenoxy) is 1. The summed E-state index contributed by atoms with van der Waals surface area (Å²) in [5.41, 5.74) is 0.648. The first-order valence-electron chi connectivity index (χ1n) is 5.52. The number of amides is 1. The summed E-state index contributed by atoms with van der Waals surface area (Å²) in [6.07, 6.45) is 0.947. The third-order valence-electron chi connectivity index (χ3n) is 2.23. The van der Waals surface area contributed by atoms with E-state index in [-0.39, 0.29) is 12.5 Å². The molecule has 0 saturated heterocycles. The third kappa shape index (κ3) is 4.50. The molecule has 1 amide bonds. The van der Waals surface area contributed by atoms with Gasteiger partial charge in [-0.25, -0.2) is 0 Å². The van der Waals surface area contributed by atoms with Crippen LogP contribution in [0.3, 0.4) is 0 Å². The van der Waals surface area contributed by atoms with Crippen LogP contribution in [0, 0.1) is 0 Å². The molecule has 5 heteroatoms. The molecule has 18 heavy (non-hydrogen) atoms. The van der Waals surface area contributed by atoms with Gasteiger partial charge in [0.2, 0.25) is 0 Å². The van der Waals surface area contributed by atoms with Crippen molar-refractivity contribution in [3.63, 3.8) is 0 Å². The second kappa shape index (κ2) is 7.18. The highest BCUT2D eigenvalue weighted by molar-refractivity contribution is 9.10. The molecule has 0 heterocycles. The number of aliphatic hydroxyl groups excluding tert-OH is 1. The number of aliphatic hydroxyl groups is 1. The van der Waals surface area contributed by atoms with Crippen LogP contribution in [0.4, 0.5) is 0 Å². The molecular weight excluding hydrogens is 298 g/mol. The Labute approximate surface area is 115 Å². The number of nitrogens with one attached hydrogen (secondary N) is 1. The van der Waals surface area contributed by atoms with Crippen molar-refractivity contribution >= 4 is 21.8 Å². The van der Waals surface area contributed by atoms with Gasteiger partial charge in [0.1, 0.15) is 5.75 Å². The van der Waals surface area contributed by atoms with Gasteiger partial charge < -0.3 is 15.2 Å². The average molecular weight is 314 g/mol. The lowest BCUT2D eigenvalue weighted by atomic mass is 10.1. The summed E-state index contributed by atoms with van der Waals surface area (Å²) < 4.78 is 6.23. The fourth-order valence-electron chi connectivity index (χ4n) is 1.36. The van der Waals surface area contributed by atoms with Crippen LogP contribution >= 0.6 is 15.9 Å². The second-order valence-electron chi connectivity index (χ2n) is 3.74. The Morgan fingerprint density at radius 3 is 3.00 bits per heavy atom. The van der Waals surface area contributed by atoms with Crippen LogP contribution in [0.2, 0.25) is 0 Å². The molecule has 0 unspecified atom stereocenters. The molecule has 0 aliphatic carbocycles. The smallest absolute Gasteiger partial charge is 0.258 e. The Morgan fingerprint density at radius 2 is 2.39 bits per heavy atom. The van der Waals surface area contributed by atoms with Gasteiger partial charge in [-0.2, -0.15) is 0 Å². The summed E-state index contributed by atoms with van der Waals surface area (Å²) in [5, 5.41) is 12.2. The van der Waals surface area contributed by atoms with Gasteiger partial charge in [0.05, 0.1) is 6.10 Å². The molecule has 1 atom stereocenters. The lowest BCUT2D eigenvalue weighted by molar-refractivity contribution is -0.122. The highest BCUT2D eigenvalue weighted by atomic mass is 79.9. The maximum Gasteiger partial charge on any atom is 0.258 e. The average Bonchev–Trinajstić information content (AvgIpc) is 2.33. The molecule has 0 aliphatic heterocycles. The highest BCUT2D eigenvalue weighted by Gasteiger charge is 2.11. The lowest BCUT2D eigenvalue weighted by Crippen LogP contribution is -2.29. The van der Waals surface area contributed by atoms with Gasteiger partial charge in [0.15, 0.2) is 6.61 Å². The van der Waals surface area contributed by atoms with E-state index in [0.717, 1.165) is 4.47 Å². The number of hydrogen-bond acceptors (Lipinski definition) is 3. The third-order valence-corrected chi connectivity index (χ3v) is 2.72. The van der Waals surface area contributed by atoms with E-state index in [2.05, 4.69) is 27.8 Å². The fraction of sp³-hybridized carbons (Fsp3) is 0.308. The van der Waals surface area contributed by atoms with Crippen molar-refractivity contribution in [3.05, 3.63) is 40.9 Å². The maximum absolute atomic E-state index is 11.4. The summed E-state index contributed by atoms with van der Waals surface area (Å²) in [4.78, 5) is 11.4. The summed E-state index contributed by atoms with van der Waals surface area (Å²) in [6.45, 7) is 5.47. The minimum absolute atomic E-state index is 0.0932. The van der Waals surface area contributed by atoms with Gasteiger partial charge in [0, 0.05) is 16.6 Å². The Bertz CT molecular complexity index is 432. The van der Waals surface area contributed by atoms with Gasteiger partial charge in [-0.15, -0.1) is 6.58 Å². The molecule has 1 aromatic rings. The van der Waals surface area contributed by atoms with Crippen molar-refractivity contribution in [1.29, 1.82) is 0 Å². The van der Waals surface area contributed by atoms with Crippen LogP contribution in [0.25, 0.3) is 0 Å². The van der Waals surface area contributed by atoms with E-state index in [1.54, 1.807) is 25.1 Å². The van der Waals surface area contributed by atoms with E-state index in [1.165, 1.54) is 0 Å². The molecule has 1 rings (SSSR count). The van der Waals surface area contributed by atoms with Gasteiger partial charge in [-0.1, -0.05) is 28.1 Å². The largest absolute Gasteiger partial charge is 0.483 e. The summed E-state index contributed by atoms with van der Waals surface area (Å²) in [6, 6.07) is 5.29. The first-order valence-corrected chi connectivity index (χ1v) is 6.31. The minimum atomic E-state index is -0.649. The van der Waals surface area contributed by atoms with Gasteiger partial charge in [-0.3, -0.25) is 4.79 Å². The predicted molar refractivity (Wildman–Crippen MR) is 73.5 cm³/mol. The normalized spacial score (nSPS) is 11.7. The van der Waals surface area contributed by atoms with E-state index in [1.807, 2.05) is 6.07 Å². The van der Waals surface area contributed by atoms with Gasteiger partial charge >= 0.3 is 0 Å². The first-order chi connectivity index (χ1) is 8.54. The fourth-order valence-corrected chi connectivity index (χ4v) is 1.70.